The highest BCUT2D eigenvalue weighted by Gasteiger charge is 2.35. The van der Waals surface area contributed by atoms with Gasteiger partial charge in [0.2, 0.25) is 0 Å². The molecule has 1 aliphatic heterocycles. The number of nitrogens with zero attached hydrogens (tertiary/aromatic N) is 1. The van der Waals surface area contributed by atoms with Gasteiger partial charge >= 0.3 is 0 Å². The van der Waals surface area contributed by atoms with Gasteiger partial charge in [0.25, 0.3) is 5.91 Å². The summed E-state index contributed by atoms with van der Waals surface area (Å²) in [6.07, 6.45) is 0.746. The largest absolute Gasteiger partial charge is 0.378 e. The molecule has 1 unspecified atom stereocenters. The number of carbonyl (C=O) groups is 1. The van der Waals surface area contributed by atoms with Crippen molar-refractivity contribution in [2.24, 2.45) is 0 Å². The van der Waals surface area contributed by atoms with Gasteiger partial charge in [-0.05, 0) is 12.1 Å². The second-order valence-corrected chi connectivity index (χ2v) is 5.09. The van der Waals surface area contributed by atoms with Gasteiger partial charge in [-0.2, -0.15) is 0 Å². The predicted molar refractivity (Wildman–Crippen MR) is 71.8 cm³/mol. The Morgan fingerprint density at radius 2 is 2.37 bits per heavy atom. The van der Waals surface area contributed by atoms with Crippen LogP contribution in [0.15, 0.2) is 12.1 Å². The highest BCUT2D eigenvalue weighted by atomic mass is 35.5. The third-order valence-electron chi connectivity index (χ3n) is 3.13. The molecule has 1 fully saturated rings. The molecule has 1 atom stereocenters. The molecule has 5 nitrogen and oxygen atoms in total. The number of carbonyl (C=O) groups excluding carboxylic acids is 1. The lowest BCUT2D eigenvalue weighted by atomic mass is 10.0. The summed E-state index contributed by atoms with van der Waals surface area (Å²) in [7, 11) is 1.61. The summed E-state index contributed by atoms with van der Waals surface area (Å²) in [6, 6.07) is 3.06. The van der Waals surface area contributed by atoms with Crippen LogP contribution in [0.25, 0.3) is 0 Å². The van der Waals surface area contributed by atoms with Gasteiger partial charge in [0.15, 0.2) is 0 Å². The molecule has 1 N–H and O–H groups in total. The maximum Gasteiger partial charge on any atom is 0.254 e. The molecule has 0 saturated carbocycles. The van der Waals surface area contributed by atoms with Crippen LogP contribution in [-0.4, -0.2) is 43.4 Å². The van der Waals surface area contributed by atoms with E-state index in [1.54, 1.807) is 7.11 Å². The lowest BCUT2D eigenvalue weighted by molar-refractivity contribution is -0.0148. The quantitative estimate of drug-likeness (QED) is 0.864. The Balaban J connectivity index is 2.01. The van der Waals surface area contributed by atoms with Crippen molar-refractivity contribution in [3.8, 4) is 0 Å². The van der Waals surface area contributed by atoms with Crippen molar-refractivity contribution < 1.29 is 14.3 Å². The van der Waals surface area contributed by atoms with Crippen LogP contribution >= 0.6 is 23.2 Å². The van der Waals surface area contributed by atoms with Crippen LogP contribution in [0.3, 0.4) is 0 Å². The summed E-state index contributed by atoms with van der Waals surface area (Å²) in [6.45, 7) is 1.46. The summed E-state index contributed by atoms with van der Waals surface area (Å²) >= 11 is 11.6. The molecule has 0 aromatic carbocycles. The third-order valence-corrected chi connectivity index (χ3v) is 3.63. The van der Waals surface area contributed by atoms with E-state index in [-0.39, 0.29) is 21.8 Å². The highest BCUT2D eigenvalue weighted by Crippen LogP contribution is 2.22. The van der Waals surface area contributed by atoms with Crippen molar-refractivity contribution in [2.45, 2.75) is 12.0 Å². The molecule has 0 bridgehead atoms. The van der Waals surface area contributed by atoms with Crippen molar-refractivity contribution in [1.82, 2.24) is 10.3 Å². The molecule has 1 amide bonds. The van der Waals surface area contributed by atoms with Gasteiger partial charge in [-0.3, -0.25) is 4.79 Å². The fraction of sp³-hybridized carbons (Fsp3) is 0.500. The third kappa shape index (κ3) is 3.36. The van der Waals surface area contributed by atoms with Crippen molar-refractivity contribution in [3.63, 3.8) is 0 Å². The second kappa shape index (κ2) is 6.05. The molecule has 1 saturated heterocycles. The minimum atomic E-state index is -0.456. The van der Waals surface area contributed by atoms with Gasteiger partial charge in [0.1, 0.15) is 15.9 Å². The molecule has 7 heteroatoms. The zero-order valence-electron chi connectivity index (χ0n) is 10.4. The summed E-state index contributed by atoms with van der Waals surface area (Å²) in [4.78, 5) is 15.8. The molecular weight excluding hydrogens is 291 g/mol. The minimum Gasteiger partial charge on any atom is -0.378 e. The minimum absolute atomic E-state index is 0.0825. The molecule has 0 spiro atoms. The maximum absolute atomic E-state index is 12.0. The van der Waals surface area contributed by atoms with Crippen LogP contribution in [-0.2, 0) is 9.47 Å². The fourth-order valence-corrected chi connectivity index (χ4v) is 2.31. The SMILES string of the molecule is COC1(CNC(=O)c2ccc(Cl)nc2Cl)CCOC1. The number of methoxy groups -OCH3 is 1. The van der Waals surface area contributed by atoms with Crippen LogP contribution < -0.4 is 5.32 Å². The van der Waals surface area contributed by atoms with Gasteiger partial charge in [0.05, 0.1) is 12.2 Å². The Hall–Kier alpha value is -0.880. The molecular formula is C12H14Cl2N2O3. The molecule has 2 heterocycles. The standard InChI is InChI=1S/C12H14Cl2N2O3/c1-18-12(4-5-19-7-12)6-15-11(17)8-2-3-9(13)16-10(8)14/h2-3H,4-7H2,1H3,(H,15,17). The molecule has 0 radical (unpaired) electrons. The lowest BCUT2D eigenvalue weighted by Gasteiger charge is -2.25. The van der Waals surface area contributed by atoms with E-state index in [2.05, 4.69) is 10.3 Å². The normalized spacial score (nSPS) is 22.5. The number of pyridine rings is 1. The first-order valence-corrected chi connectivity index (χ1v) is 6.55. The van der Waals surface area contributed by atoms with E-state index >= 15 is 0 Å². The van der Waals surface area contributed by atoms with Crippen LogP contribution in [0.5, 0.6) is 0 Å². The van der Waals surface area contributed by atoms with Gasteiger partial charge in [-0.25, -0.2) is 4.98 Å². The Labute approximate surface area is 121 Å². The van der Waals surface area contributed by atoms with Crippen molar-refractivity contribution in [3.05, 3.63) is 28.0 Å². The number of hydrogen-bond donors (Lipinski definition) is 1. The number of aromatic nitrogens is 1. The number of nitrogens with one attached hydrogen (secondary N) is 1. The van der Waals surface area contributed by atoms with Gasteiger partial charge < -0.3 is 14.8 Å². The number of rotatable bonds is 4. The van der Waals surface area contributed by atoms with Gasteiger partial charge in [-0.1, -0.05) is 23.2 Å². The van der Waals surface area contributed by atoms with Crippen molar-refractivity contribution in [1.29, 1.82) is 0 Å². The van der Waals surface area contributed by atoms with Crippen LogP contribution in [0, 0.1) is 0 Å². The van der Waals surface area contributed by atoms with E-state index in [0.717, 1.165) is 6.42 Å². The van der Waals surface area contributed by atoms with E-state index in [9.17, 15) is 4.79 Å². The first-order valence-electron chi connectivity index (χ1n) is 5.79. The summed E-state index contributed by atoms with van der Waals surface area (Å²) < 4.78 is 10.7. The second-order valence-electron chi connectivity index (χ2n) is 4.34. The first kappa shape index (κ1) is 14.5. The average Bonchev–Trinajstić information content (AvgIpc) is 2.85. The zero-order valence-corrected chi connectivity index (χ0v) is 11.9. The molecule has 1 aromatic heterocycles. The fourth-order valence-electron chi connectivity index (χ4n) is 1.88. The molecule has 104 valence electrons. The predicted octanol–water partition coefficient (Wildman–Crippen LogP) is 1.92. The van der Waals surface area contributed by atoms with Crippen molar-refractivity contribution in [2.75, 3.05) is 26.9 Å². The smallest absolute Gasteiger partial charge is 0.254 e. The van der Waals surface area contributed by atoms with E-state index in [0.29, 0.717) is 19.8 Å². The van der Waals surface area contributed by atoms with Gasteiger partial charge in [0, 0.05) is 26.7 Å². The Bertz CT molecular complexity index is 476. The summed E-state index contributed by atoms with van der Waals surface area (Å²) in [5.41, 5.74) is -0.168. The first-order chi connectivity index (χ1) is 9.06. The molecule has 1 aliphatic rings. The lowest BCUT2D eigenvalue weighted by Crippen LogP contribution is -2.45. The Morgan fingerprint density at radius 1 is 1.58 bits per heavy atom. The van der Waals surface area contributed by atoms with E-state index in [1.165, 1.54) is 12.1 Å². The van der Waals surface area contributed by atoms with Crippen molar-refractivity contribution >= 4 is 29.1 Å². The Morgan fingerprint density at radius 3 is 2.95 bits per heavy atom. The van der Waals surface area contributed by atoms with Crippen LogP contribution in [0.2, 0.25) is 10.3 Å². The Kier molecular flexibility index (Phi) is 4.62. The number of hydrogen-bond acceptors (Lipinski definition) is 4. The molecule has 1 aromatic rings. The number of halogens is 2. The summed E-state index contributed by atoms with van der Waals surface area (Å²) in [5, 5.41) is 3.11. The maximum atomic E-state index is 12.0. The zero-order chi connectivity index (χ0) is 13.9. The molecule has 0 aliphatic carbocycles. The molecule has 19 heavy (non-hydrogen) atoms. The number of ether oxygens (including phenoxy) is 2. The molecule has 2 rings (SSSR count). The average molecular weight is 305 g/mol. The van der Waals surface area contributed by atoms with E-state index in [1.807, 2.05) is 0 Å². The number of amides is 1. The van der Waals surface area contributed by atoms with Crippen LogP contribution in [0.1, 0.15) is 16.8 Å². The van der Waals surface area contributed by atoms with E-state index < -0.39 is 5.60 Å². The van der Waals surface area contributed by atoms with Crippen LogP contribution in [0.4, 0.5) is 0 Å². The topological polar surface area (TPSA) is 60.5 Å². The monoisotopic (exact) mass is 304 g/mol. The van der Waals surface area contributed by atoms with E-state index in [4.69, 9.17) is 32.7 Å². The van der Waals surface area contributed by atoms with Gasteiger partial charge in [-0.15, -0.1) is 0 Å². The summed E-state index contributed by atoms with van der Waals surface area (Å²) in [5.74, 6) is -0.308. The highest BCUT2D eigenvalue weighted by molar-refractivity contribution is 6.34.